The van der Waals surface area contributed by atoms with Gasteiger partial charge in [-0.05, 0) is 53.2 Å². The molecule has 0 saturated heterocycles. The molecular weight excluding hydrogens is 418 g/mol. The van der Waals surface area contributed by atoms with Gasteiger partial charge in [-0.1, -0.05) is 36.4 Å². The summed E-state index contributed by atoms with van der Waals surface area (Å²) >= 11 is 0. The lowest BCUT2D eigenvalue weighted by Crippen LogP contribution is -2.00. The number of ether oxygens (including phenoxy) is 3. The van der Waals surface area contributed by atoms with Gasteiger partial charge in [-0.15, -0.1) is 10.2 Å². The molecule has 0 aliphatic carbocycles. The van der Waals surface area contributed by atoms with Crippen LogP contribution in [0.2, 0.25) is 0 Å². The van der Waals surface area contributed by atoms with Crippen molar-refractivity contribution in [2.75, 3.05) is 7.11 Å². The summed E-state index contributed by atoms with van der Waals surface area (Å²) in [6.45, 7) is 0.777. The Labute approximate surface area is 190 Å². The summed E-state index contributed by atoms with van der Waals surface area (Å²) in [6, 6.07) is 25.4. The highest BCUT2D eigenvalue weighted by atomic mass is 16.5. The Morgan fingerprint density at radius 3 is 2.52 bits per heavy atom. The van der Waals surface area contributed by atoms with E-state index in [1.807, 2.05) is 72.8 Å². The fraction of sp³-hybridized carbons (Fsp3) is 0.120. The van der Waals surface area contributed by atoms with Gasteiger partial charge in [-0.25, -0.2) is 4.98 Å². The van der Waals surface area contributed by atoms with Crippen LogP contribution in [-0.2, 0) is 13.2 Å². The molecule has 0 aliphatic rings. The molecule has 0 spiro atoms. The van der Waals surface area contributed by atoms with Gasteiger partial charge in [0.2, 0.25) is 5.82 Å². The predicted molar refractivity (Wildman–Crippen MR) is 123 cm³/mol. The summed E-state index contributed by atoms with van der Waals surface area (Å²) in [6.07, 6.45) is 0. The van der Waals surface area contributed by atoms with Crippen molar-refractivity contribution in [1.29, 1.82) is 0 Å². The van der Waals surface area contributed by atoms with E-state index in [0.29, 0.717) is 30.5 Å². The van der Waals surface area contributed by atoms with Crippen molar-refractivity contribution in [3.05, 3.63) is 90.1 Å². The van der Waals surface area contributed by atoms with Crippen LogP contribution >= 0.6 is 0 Å². The number of benzene rings is 3. The molecule has 2 heterocycles. The van der Waals surface area contributed by atoms with Crippen LogP contribution < -0.4 is 14.2 Å². The molecule has 0 atom stereocenters. The SMILES string of the molecule is COc1ccc(-c2nn[nH]n2)cc1OCc1ccc(OCc2ccc3ccccc3n2)cc1. The topological polar surface area (TPSA) is 95.0 Å². The number of pyridine rings is 1. The van der Waals surface area contributed by atoms with Crippen LogP contribution in [0.4, 0.5) is 0 Å². The maximum absolute atomic E-state index is 6.00. The zero-order chi connectivity index (χ0) is 22.5. The molecule has 5 aromatic rings. The number of H-pyrrole nitrogens is 1. The molecule has 0 unspecified atom stereocenters. The number of fused-ring (bicyclic) bond motifs is 1. The Morgan fingerprint density at radius 2 is 1.70 bits per heavy atom. The molecular formula is C25H21N5O3. The van der Waals surface area contributed by atoms with Gasteiger partial charge in [0.1, 0.15) is 19.0 Å². The number of hydrogen-bond donors (Lipinski definition) is 1. The highest BCUT2D eigenvalue weighted by molar-refractivity contribution is 5.78. The maximum atomic E-state index is 6.00. The lowest BCUT2D eigenvalue weighted by Gasteiger charge is -2.12. The highest BCUT2D eigenvalue weighted by Gasteiger charge is 2.10. The summed E-state index contributed by atoms with van der Waals surface area (Å²) in [5.74, 6) is 2.49. The molecule has 3 aromatic carbocycles. The van der Waals surface area contributed by atoms with Gasteiger partial charge in [0.15, 0.2) is 11.5 Å². The molecule has 8 nitrogen and oxygen atoms in total. The van der Waals surface area contributed by atoms with Crippen LogP contribution in [-0.4, -0.2) is 32.7 Å². The zero-order valence-corrected chi connectivity index (χ0v) is 17.9. The van der Waals surface area contributed by atoms with Gasteiger partial charge in [-0.2, -0.15) is 5.21 Å². The average Bonchev–Trinajstić information content (AvgIpc) is 3.42. The monoisotopic (exact) mass is 439 g/mol. The van der Waals surface area contributed by atoms with Crippen molar-refractivity contribution in [2.24, 2.45) is 0 Å². The van der Waals surface area contributed by atoms with Gasteiger partial charge in [0.05, 0.1) is 18.3 Å². The van der Waals surface area contributed by atoms with Gasteiger partial charge < -0.3 is 14.2 Å². The van der Waals surface area contributed by atoms with E-state index < -0.39 is 0 Å². The summed E-state index contributed by atoms with van der Waals surface area (Å²) in [5, 5.41) is 15.2. The van der Waals surface area contributed by atoms with Gasteiger partial charge >= 0.3 is 0 Å². The van der Waals surface area contributed by atoms with Crippen LogP contribution in [0.25, 0.3) is 22.3 Å². The maximum Gasteiger partial charge on any atom is 0.204 e. The smallest absolute Gasteiger partial charge is 0.204 e. The normalized spacial score (nSPS) is 10.8. The second-order valence-corrected chi connectivity index (χ2v) is 7.32. The Kier molecular flexibility index (Phi) is 5.79. The van der Waals surface area contributed by atoms with Crippen LogP contribution in [0.1, 0.15) is 11.3 Å². The Morgan fingerprint density at radius 1 is 0.818 bits per heavy atom. The highest BCUT2D eigenvalue weighted by Crippen LogP contribution is 2.32. The summed E-state index contributed by atoms with van der Waals surface area (Å²) in [4.78, 5) is 4.64. The third kappa shape index (κ3) is 4.74. The van der Waals surface area contributed by atoms with Crippen LogP contribution in [0.3, 0.4) is 0 Å². The Bertz CT molecular complexity index is 1350. The number of tetrazole rings is 1. The molecule has 1 N–H and O–H groups in total. The van der Waals surface area contributed by atoms with E-state index >= 15 is 0 Å². The largest absolute Gasteiger partial charge is 0.493 e. The minimum Gasteiger partial charge on any atom is -0.493 e. The number of para-hydroxylation sites is 1. The van der Waals surface area contributed by atoms with E-state index in [2.05, 4.69) is 31.7 Å². The number of rotatable bonds is 8. The molecule has 0 fully saturated rings. The molecule has 164 valence electrons. The van der Waals surface area contributed by atoms with Crippen molar-refractivity contribution in [2.45, 2.75) is 13.2 Å². The molecule has 2 aromatic heterocycles. The first-order valence-corrected chi connectivity index (χ1v) is 10.4. The standard InChI is InChI=1S/C25H21N5O3/c1-31-23-13-9-19(25-27-29-30-28-25)14-24(23)33-15-17-6-11-21(12-7-17)32-16-20-10-8-18-4-2-3-5-22(18)26-20/h2-14H,15-16H2,1H3,(H,27,28,29,30). The number of nitrogens with zero attached hydrogens (tertiary/aromatic N) is 4. The summed E-state index contributed by atoms with van der Waals surface area (Å²) in [5.41, 5.74) is 3.63. The van der Waals surface area contributed by atoms with E-state index in [0.717, 1.165) is 33.5 Å². The Balaban J connectivity index is 1.21. The summed E-state index contributed by atoms with van der Waals surface area (Å²) < 4.78 is 17.3. The predicted octanol–water partition coefficient (Wildman–Crippen LogP) is 4.58. The average molecular weight is 439 g/mol. The fourth-order valence-electron chi connectivity index (χ4n) is 3.40. The third-order valence-electron chi connectivity index (χ3n) is 5.13. The number of hydrogen-bond acceptors (Lipinski definition) is 7. The Hall–Kier alpha value is -4.46. The van der Waals surface area contributed by atoms with Crippen molar-refractivity contribution < 1.29 is 14.2 Å². The van der Waals surface area contributed by atoms with E-state index in [1.165, 1.54) is 0 Å². The third-order valence-corrected chi connectivity index (χ3v) is 5.13. The van der Waals surface area contributed by atoms with Crippen LogP contribution in [0.5, 0.6) is 17.2 Å². The van der Waals surface area contributed by atoms with E-state index in [1.54, 1.807) is 7.11 Å². The quantitative estimate of drug-likeness (QED) is 0.378. The van der Waals surface area contributed by atoms with Crippen LogP contribution in [0, 0.1) is 0 Å². The zero-order valence-electron chi connectivity index (χ0n) is 17.9. The van der Waals surface area contributed by atoms with E-state index in [9.17, 15) is 0 Å². The summed E-state index contributed by atoms with van der Waals surface area (Å²) in [7, 11) is 1.60. The molecule has 0 radical (unpaired) electrons. The first-order valence-electron chi connectivity index (χ1n) is 10.4. The molecule has 8 heteroatoms. The molecule has 0 bridgehead atoms. The first-order chi connectivity index (χ1) is 16.3. The molecule has 0 saturated carbocycles. The number of nitrogens with one attached hydrogen (secondary N) is 1. The molecule has 5 rings (SSSR count). The molecule has 0 amide bonds. The minimum absolute atomic E-state index is 0.374. The lowest BCUT2D eigenvalue weighted by atomic mass is 10.2. The first kappa shape index (κ1) is 20.4. The lowest BCUT2D eigenvalue weighted by molar-refractivity contribution is 0.283. The molecule has 33 heavy (non-hydrogen) atoms. The van der Waals surface area contributed by atoms with Gasteiger partial charge in [-0.3, -0.25) is 0 Å². The molecule has 0 aliphatic heterocycles. The van der Waals surface area contributed by atoms with Crippen molar-refractivity contribution in [3.63, 3.8) is 0 Å². The number of methoxy groups -OCH3 is 1. The second kappa shape index (κ2) is 9.35. The van der Waals surface area contributed by atoms with Gasteiger partial charge in [0.25, 0.3) is 0 Å². The van der Waals surface area contributed by atoms with E-state index in [-0.39, 0.29) is 0 Å². The van der Waals surface area contributed by atoms with Crippen molar-refractivity contribution >= 4 is 10.9 Å². The van der Waals surface area contributed by atoms with Crippen molar-refractivity contribution in [3.8, 4) is 28.6 Å². The fourth-order valence-corrected chi connectivity index (χ4v) is 3.40. The number of aromatic nitrogens is 5. The van der Waals surface area contributed by atoms with Crippen LogP contribution in [0.15, 0.2) is 78.9 Å². The second-order valence-electron chi connectivity index (χ2n) is 7.32. The number of aromatic amines is 1. The van der Waals surface area contributed by atoms with E-state index in [4.69, 9.17) is 14.2 Å². The minimum atomic E-state index is 0.374. The van der Waals surface area contributed by atoms with Crippen molar-refractivity contribution in [1.82, 2.24) is 25.6 Å². The van der Waals surface area contributed by atoms with Gasteiger partial charge in [0, 0.05) is 10.9 Å².